The summed E-state index contributed by atoms with van der Waals surface area (Å²) in [4.78, 5) is 4.64. The summed E-state index contributed by atoms with van der Waals surface area (Å²) in [5, 5.41) is 0. The smallest absolute Gasteiger partial charge is 0.0390 e. The van der Waals surface area contributed by atoms with Crippen LogP contribution >= 0.6 is 0 Å². The van der Waals surface area contributed by atoms with Gasteiger partial charge in [0.05, 0.1) is 0 Å². The van der Waals surface area contributed by atoms with E-state index in [9.17, 15) is 0 Å². The second-order valence-electron chi connectivity index (χ2n) is 5.75. The molecule has 0 aliphatic carbocycles. The van der Waals surface area contributed by atoms with E-state index in [1.54, 1.807) is 0 Å². The summed E-state index contributed by atoms with van der Waals surface area (Å²) >= 11 is 0. The zero-order chi connectivity index (χ0) is 13.7. The number of nitrogen functional groups attached to an aromatic ring is 1. The molecule has 0 fully saturated rings. The maximum absolute atomic E-state index is 5.95. The first-order valence-electron chi connectivity index (χ1n) is 6.65. The maximum Gasteiger partial charge on any atom is 0.0390 e. The molecule has 0 unspecified atom stereocenters. The van der Waals surface area contributed by atoms with E-state index in [4.69, 9.17) is 5.73 Å². The molecule has 0 atom stereocenters. The van der Waals surface area contributed by atoms with Gasteiger partial charge in [-0.1, -0.05) is 13.8 Å². The topological polar surface area (TPSA) is 32.5 Å². The highest BCUT2D eigenvalue weighted by molar-refractivity contribution is 5.58. The third-order valence-electron chi connectivity index (χ3n) is 2.85. The predicted molar refractivity (Wildman–Crippen MR) is 81.2 cm³/mol. The minimum Gasteiger partial charge on any atom is -0.399 e. The quantitative estimate of drug-likeness (QED) is 0.787. The van der Waals surface area contributed by atoms with Crippen molar-refractivity contribution in [3.8, 4) is 0 Å². The summed E-state index contributed by atoms with van der Waals surface area (Å²) in [5.74, 6) is 0.647. The number of likely N-dealkylation sites (N-methyl/N-ethyl adjacent to an activating group) is 1. The lowest BCUT2D eigenvalue weighted by Gasteiger charge is -2.28. The molecule has 0 aliphatic rings. The third-order valence-corrected chi connectivity index (χ3v) is 2.85. The number of anilines is 2. The largest absolute Gasteiger partial charge is 0.399 e. The molecule has 3 heteroatoms. The second-order valence-corrected chi connectivity index (χ2v) is 5.75. The summed E-state index contributed by atoms with van der Waals surface area (Å²) in [7, 11) is 4.22. The Bertz CT molecular complexity index is 352. The van der Waals surface area contributed by atoms with Crippen LogP contribution in [0.5, 0.6) is 0 Å². The Morgan fingerprint density at radius 3 is 2.28 bits per heavy atom. The zero-order valence-corrected chi connectivity index (χ0v) is 12.4. The summed E-state index contributed by atoms with van der Waals surface area (Å²) in [6.45, 7) is 9.76. The number of benzene rings is 1. The van der Waals surface area contributed by atoms with Crippen molar-refractivity contribution >= 4 is 11.4 Å². The fourth-order valence-electron chi connectivity index (χ4n) is 2.06. The molecule has 2 N–H and O–H groups in total. The minimum atomic E-state index is 0.647. The van der Waals surface area contributed by atoms with E-state index in [0.717, 1.165) is 25.3 Å². The van der Waals surface area contributed by atoms with Crippen LogP contribution in [0.1, 0.15) is 19.4 Å². The molecule has 0 bridgehead atoms. The molecule has 0 aromatic heterocycles. The molecule has 0 heterocycles. The number of hydrogen-bond acceptors (Lipinski definition) is 3. The van der Waals surface area contributed by atoms with Gasteiger partial charge in [-0.05, 0) is 50.7 Å². The van der Waals surface area contributed by atoms with E-state index >= 15 is 0 Å². The fraction of sp³-hybridized carbons (Fsp3) is 0.600. The Labute approximate surface area is 112 Å². The van der Waals surface area contributed by atoms with Crippen molar-refractivity contribution in [2.45, 2.75) is 20.8 Å². The Hall–Kier alpha value is -1.22. The summed E-state index contributed by atoms with van der Waals surface area (Å²) < 4.78 is 0. The van der Waals surface area contributed by atoms with Crippen LogP contribution in [0.2, 0.25) is 0 Å². The highest BCUT2D eigenvalue weighted by Crippen LogP contribution is 2.21. The van der Waals surface area contributed by atoms with Gasteiger partial charge in [0.25, 0.3) is 0 Å². The van der Waals surface area contributed by atoms with E-state index in [-0.39, 0.29) is 0 Å². The third kappa shape index (κ3) is 4.96. The summed E-state index contributed by atoms with van der Waals surface area (Å²) in [6.07, 6.45) is 0. The van der Waals surface area contributed by atoms with Gasteiger partial charge >= 0.3 is 0 Å². The first-order chi connectivity index (χ1) is 8.38. The van der Waals surface area contributed by atoms with Gasteiger partial charge in [0.2, 0.25) is 0 Å². The monoisotopic (exact) mass is 249 g/mol. The van der Waals surface area contributed by atoms with Gasteiger partial charge in [0.15, 0.2) is 0 Å². The number of rotatable bonds is 6. The molecule has 0 aliphatic heterocycles. The van der Waals surface area contributed by atoms with E-state index in [1.165, 1.54) is 11.3 Å². The standard InChI is InChI=1S/C15H27N3/c1-12(2)11-18(7-6-17(4)5)15-9-13(3)8-14(16)10-15/h8-10,12H,6-7,11,16H2,1-5H3. The van der Waals surface area contributed by atoms with Crippen LogP contribution in [0, 0.1) is 12.8 Å². The van der Waals surface area contributed by atoms with Gasteiger partial charge < -0.3 is 15.5 Å². The fourth-order valence-corrected chi connectivity index (χ4v) is 2.06. The molecule has 102 valence electrons. The van der Waals surface area contributed by atoms with Gasteiger partial charge in [-0.25, -0.2) is 0 Å². The average molecular weight is 249 g/mol. The molecule has 18 heavy (non-hydrogen) atoms. The van der Waals surface area contributed by atoms with Gasteiger partial charge in [-0.3, -0.25) is 0 Å². The number of aryl methyl sites for hydroxylation is 1. The Morgan fingerprint density at radius 2 is 1.78 bits per heavy atom. The normalized spacial score (nSPS) is 11.3. The van der Waals surface area contributed by atoms with Crippen LogP contribution in [-0.4, -0.2) is 38.6 Å². The lowest BCUT2D eigenvalue weighted by Crippen LogP contribution is -2.34. The number of hydrogen-bond donors (Lipinski definition) is 1. The van der Waals surface area contributed by atoms with Crippen LogP contribution in [0.3, 0.4) is 0 Å². The molecular formula is C15H27N3. The molecule has 1 rings (SSSR count). The molecule has 1 aromatic carbocycles. The SMILES string of the molecule is Cc1cc(N)cc(N(CCN(C)C)CC(C)C)c1. The van der Waals surface area contributed by atoms with Crippen LogP contribution in [0.25, 0.3) is 0 Å². The summed E-state index contributed by atoms with van der Waals surface area (Å²) in [6, 6.07) is 6.31. The van der Waals surface area contributed by atoms with E-state index < -0.39 is 0 Å². The van der Waals surface area contributed by atoms with Crippen molar-refractivity contribution in [2.75, 3.05) is 44.4 Å². The number of nitrogens with two attached hydrogens (primary N) is 1. The predicted octanol–water partition coefficient (Wildman–Crippen LogP) is 2.60. The Balaban J connectivity index is 2.86. The molecule has 0 saturated carbocycles. The second kappa shape index (κ2) is 6.64. The van der Waals surface area contributed by atoms with Crippen LogP contribution in [-0.2, 0) is 0 Å². The van der Waals surface area contributed by atoms with Gasteiger partial charge in [0.1, 0.15) is 0 Å². The van der Waals surface area contributed by atoms with Crippen molar-refractivity contribution < 1.29 is 0 Å². The molecule has 3 nitrogen and oxygen atoms in total. The minimum absolute atomic E-state index is 0.647. The van der Waals surface area contributed by atoms with Gasteiger partial charge in [-0.15, -0.1) is 0 Å². The van der Waals surface area contributed by atoms with Crippen LogP contribution < -0.4 is 10.6 Å². The average Bonchev–Trinajstić information content (AvgIpc) is 2.22. The first-order valence-corrected chi connectivity index (χ1v) is 6.65. The van der Waals surface area contributed by atoms with Crippen molar-refractivity contribution in [3.63, 3.8) is 0 Å². The molecule has 1 aromatic rings. The maximum atomic E-state index is 5.95. The van der Waals surface area contributed by atoms with E-state index in [1.807, 2.05) is 6.07 Å². The Kier molecular flexibility index (Phi) is 5.48. The van der Waals surface area contributed by atoms with Gasteiger partial charge in [-0.2, -0.15) is 0 Å². The molecule has 0 amide bonds. The molecule has 0 spiro atoms. The molecular weight excluding hydrogens is 222 g/mol. The lowest BCUT2D eigenvalue weighted by molar-refractivity contribution is 0.409. The van der Waals surface area contributed by atoms with Crippen molar-refractivity contribution in [1.29, 1.82) is 0 Å². The molecule has 0 radical (unpaired) electrons. The zero-order valence-electron chi connectivity index (χ0n) is 12.4. The van der Waals surface area contributed by atoms with Crippen molar-refractivity contribution in [3.05, 3.63) is 23.8 Å². The summed E-state index contributed by atoms with van der Waals surface area (Å²) in [5.41, 5.74) is 9.26. The van der Waals surface area contributed by atoms with Gasteiger partial charge in [0, 0.05) is 31.0 Å². The van der Waals surface area contributed by atoms with E-state index in [0.29, 0.717) is 5.92 Å². The first kappa shape index (κ1) is 14.8. The Morgan fingerprint density at radius 1 is 1.11 bits per heavy atom. The van der Waals surface area contributed by atoms with Crippen LogP contribution in [0.4, 0.5) is 11.4 Å². The van der Waals surface area contributed by atoms with Crippen molar-refractivity contribution in [2.24, 2.45) is 5.92 Å². The highest BCUT2D eigenvalue weighted by atomic mass is 15.2. The van der Waals surface area contributed by atoms with Crippen molar-refractivity contribution in [1.82, 2.24) is 4.90 Å². The van der Waals surface area contributed by atoms with Crippen LogP contribution in [0.15, 0.2) is 18.2 Å². The highest BCUT2D eigenvalue weighted by Gasteiger charge is 2.10. The molecule has 0 saturated heterocycles. The lowest BCUT2D eigenvalue weighted by atomic mass is 10.1. The number of nitrogens with zero attached hydrogens (tertiary/aromatic N) is 2. The van der Waals surface area contributed by atoms with E-state index in [2.05, 4.69) is 56.8 Å².